The van der Waals surface area contributed by atoms with E-state index in [1.54, 1.807) is 23.1 Å². The number of aromatic nitrogens is 3. The predicted octanol–water partition coefficient (Wildman–Crippen LogP) is 1.22. The van der Waals surface area contributed by atoms with Crippen LogP contribution in [0.2, 0.25) is 0 Å². The number of fused-ring (bicyclic) bond motifs is 1. The van der Waals surface area contributed by atoms with Gasteiger partial charge in [-0.3, -0.25) is 9.78 Å². The van der Waals surface area contributed by atoms with Crippen molar-refractivity contribution in [1.82, 2.24) is 20.1 Å². The van der Waals surface area contributed by atoms with Crippen molar-refractivity contribution in [3.05, 3.63) is 24.0 Å². The molecule has 0 aromatic carbocycles. The molecule has 30 heavy (non-hydrogen) atoms. The molecule has 0 aliphatic carbocycles. The number of hydrogen-bond acceptors (Lipinski definition) is 8. The molecule has 10 heteroatoms. The fraction of sp³-hybridized carbons (Fsp3) is 0.500. The molecule has 1 unspecified atom stereocenters. The highest BCUT2D eigenvalue weighted by Gasteiger charge is 2.33. The van der Waals surface area contributed by atoms with Gasteiger partial charge in [0.2, 0.25) is 0 Å². The molecule has 158 valence electrons. The SMILES string of the molecule is CCCN1CC(CC#N)Cn2nc(N)c(C(=O)Nc3cnccc3OC3CNC3)c21. The van der Waals surface area contributed by atoms with Crippen LogP contribution in [0, 0.1) is 17.2 Å². The van der Waals surface area contributed by atoms with Gasteiger partial charge in [-0.15, -0.1) is 0 Å². The maximum atomic E-state index is 13.2. The molecule has 1 fully saturated rings. The minimum absolute atomic E-state index is 0.0779. The summed E-state index contributed by atoms with van der Waals surface area (Å²) in [5.41, 5.74) is 7.00. The number of amides is 1. The summed E-state index contributed by atoms with van der Waals surface area (Å²) < 4.78 is 7.69. The average molecular weight is 410 g/mol. The average Bonchev–Trinajstić information content (AvgIpc) is 3.02. The van der Waals surface area contributed by atoms with Crippen LogP contribution in [-0.2, 0) is 6.54 Å². The number of hydrogen-bond donors (Lipinski definition) is 3. The zero-order valence-electron chi connectivity index (χ0n) is 17.0. The van der Waals surface area contributed by atoms with Gasteiger partial charge in [-0.05, 0) is 6.42 Å². The van der Waals surface area contributed by atoms with Crippen molar-refractivity contribution in [3.63, 3.8) is 0 Å². The van der Waals surface area contributed by atoms with Gasteiger partial charge in [0.05, 0.1) is 12.3 Å². The Bertz CT molecular complexity index is 962. The Balaban J connectivity index is 1.61. The van der Waals surface area contributed by atoms with E-state index in [2.05, 4.69) is 38.6 Å². The lowest BCUT2D eigenvalue weighted by atomic mass is 10.0. The quantitative estimate of drug-likeness (QED) is 0.620. The third-order valence-electron chi connectivity index (χ3n) is 5.33. The first-order chi connectivity index (χ1) is 14.6. The molecule has 2 aliphatic heterocycles. The van der Waals surface area contributed by atoms with Gasteiger partial charge < -0.3 is 26.0 Å². The van der Waals surface area contributed by atoms with E-state index >= 15 is 0 Å². The minimum Gasteiger partial charge on any atom is -0.485 e. The third-order valence-corrected chi connectivity index (χ3v) is 5.33. The second-order valence-electron chi connectivity index (χ2n) is 7.66. The van der Waals surface area contributed by atoms with Gasteiger partial charge in [-0.2, -0.15) is 10.4 Å². The van der Waals surface area contributed by atoms with Crippen LogP contribution in [0.15, 0.2) is 18.5 Å². The summed E-state index contributed by atoms with van der Waals surface area (Å²) in [7, 11) is 0. The number of nitrogens with two attached hydrogens (primary N) is 1. The van der Waals surface area contributed by atoms with Crippen LogP contribution in [0.3, 0.4) is 0 Å². The summed E-state index contributed by atoms with van der Waals surface area (Å²) >= 11 is 0. The highest BCUT2D eigenvalue weighted by molar-refractivity contribution is 6.11. The van der Waals surface area contributed by atoms with Crippen molar-refractivity contribution in [2.24, 2.45) is 5.92 Å². The molecule has 0 spiro atoms. The van der Waals surface area contributed by atoms with Crippen LogP contribution >= 0.6 is 0 Å². The van der Waals surface area contributed by atoms with E-state index in [0.29, 0.717) is 42.3 Å². The van der Waals surface area contributed by atoms with Gasteiger partial charge in [-0.25, -0.2) is 4.68 Å². The lowest BCUT2D eigenvalue weighted by Crippen LogP contribution is -2.50. The van der Waals surface area contributed by atoms with Crippen LogP contribution in [0.4, 0.5) is 17.3 Å². The first-order valence-corrected chi connectivity index (χ1v) is 10.2. The van der Waals surface area contributed by atoms with E-state index in [1.807, 2.05) is 0 Å². The van der Waals surface area contributed by atoms with Crippen molar-refractivity contribution in [2.75, 3.05) is 42.1 Å². The molecule has 1 atom stereocenters. The normalized spacial score (nSPS) is 18.3. The Morgan fingerprint density at radius 3 is 3.00 bits per heavy atom. The van der Waals surface area contributed by atoms with Crippen LogP contribution < -0.4 is 26.0 Å². The molecule has 10 nitrogen and oxygen atoms in total. The largest absolute Gasteiger partial charge is 0.485 e. The number of carbonyl (C=O) groups is 1. The molecule has 4 heterocycles. The number of pyridine rings is 1. The monoisotopic (exact) mass is 410 g/mol. The number of nitrogens with zero attached hydrogens (tertiary/aromatic N) is 5. The Morgan fingerprint density at radius 1 is 1.47 bits per heavy atom. The lowest BCUT2D eigenvalue weighted by molar-refractivity contribution is 0.102. The number of anilines is 3. The summed E-state index contributed by atoms with van der Waals surface area (Å²) in [5, 5.41) is 19.5. The van der Waals surface area contributed by atoms with Crippen molar-refractivity contribution in [1.29, 1.82) is 5.26 Å². The Hall–Kier alpha value is -3.32. The Morgan fingerprint density at radius 2 is 2.30 bits per heavy atom. The molecule has 1 amide bonds. The van der Waals surface area contributed by atoms with Crippen LogP contribution in [-0.4, -0.2) is 53.0 Å². The topological polar surface area (TPSA) is 134 Å². The Kier molecular flexibility index (Phi) is 5.72. The molecular formula is C20H26N8O2. The maximum Gasteiger partial charge on any atom is 0.263 e. The van der Waals surface area contributed by atoms with Gasteiger partial charge in [0.15, 0.2) is 5.82 Å². The molecule has 2 aromatic heterocycles. The number of nitrogens with one attached hydrogen (secondary N) is 2. The minimum atomic E-state index is -0.349. The van der Waals surface area contributed by atoms with Crippen molar-refractivity contribution in [2.45, 2.75) is 32.4 Å². The van der Waals surface area contributed by atoms with E-state index in [-0.39, 0.29) is 23.7 Å². The van der Waals surface area contributed by atoms with Crippen LogP contribution in [0.25, 0.3) is 0 Å². The second-order valence-corrected chi connectivity index (χ2v) is 7.66. The van der Waals surface area contributed by atoms with E-state index in [1.165, 1.54) is 0 Å². The summed E-state index contributed by atoms with van der Waals surface area (Å²) in [6.07, 6.45) is 4.62. The van der Waals surface area contributed by atoms with Gasteiger partial charge in [-0.1, -0.05) is 6.92 Å². The van der Waals surface area contributed by atoms with E-state index in [0.717, 1.165) is 26.1 Å². The predicted molar refractivity (Wildman–Crippen MR) is 112 cm³/mol. The molecule has 2 aliphatic rings. The molecule has 1 saturated heterocycles. The first kappa shape index (κ1) is 20.0. The van der Waals surface area contributed by atoms with E-state index in [9.17, 15) is 4.79 Å². The highest BCUT2D eigenvalue weighted by atomic mass is 16.5. The van der Waals surface area contributed by atoms with E-state index < -0.39 is 0 Å². The zero-order valence-corrected chi connectivity index (χ0v) is 17.0. The molecular weight excluding hydrogens is 384 g/mol. The summed E-state index contributed by atoms with van der Waals surface area (Å²) in [5.74, 6) is 1.26. The van der Waals surface area contributed by atoms with Crippen LogP contribution in [0.5, 0.6) is 5.75 Å². The summed E-state index contributed by atoms with van der Waals surface area (Å²) in [4.78, 5) is 19.4. The van der Waals surface area contributed by atoms with Crippen molar-refractivity contribution in [3.8, 4) is 11.8 Å². The van der Waals surface area contributed by atoms with E-state index in [4.69, 9.17) is 15.7 Å². The van der Waals surface area contributed by atoms with Gasteiger partial charge >= 0.3 is 0 Å². The number of nitrogen functional groups attached to an aromatic ring is 1. The maximum absolute atomic E-state index is 13.2. The lowest BCUT2D eigenvalue weighted by Gasteiger charge is -2.34. The number of nitriles is 1. The first-order valence-electron chi connectivity index (χ1n) is 10.2. The van der Waals surface area contributed by atoms with Gasteiger partial charge in [0.1, 0.15) is 28.9 Å². The van der Waals surface area contributed by atoms with Crippen molar-refractivity contribution >= 4 is 23.2 Å². The number of rotatable bonds is 7. The van der Waals surface area contributed by atoms with Gasteiger partial charge in [0.25, 0.3) is 5.91 Å². The molecule has 4 N–H and O–H groups in total. The highest BCUT2D eigenvalue weighted by Crippen LogP contribution is 2.34. The third kappa shape index (κ3) is 3.89. The Labute approximate surface area is 175 Å². The summed E-state index contributed by atoms with van der Waals surface area (Å²) in [6, 6.07) is 3.97. The fourth-order valence-electron chi connectivity index (χ4n) is 3.85. The van der Waals surface area contributed by atoms with Crippen LogP contribution in [0.1, 0.15) is 30.1 Å². The molecule has 0 radical (unpaired) electrons. The molecule has 0 saturated carbocycles. The number of ether oxygens (including phenoxy) is 1. The molecule has 4 rings (SSSR count). The smallest absolute Gasteiger partial charge is 0.263 e. The second kappa shape index (κ2) is 8.59. The molecule has 2 aromatic rings. The van der Waals surface area contributed by atoms with Crippen molar-refractivity contribution < 1.29 is 9.53 Å². The standard InChI is InChI=1S/C20H26N8O2/c1-2-7-27-11-13(3-5-21)12-28-20(27)17(18(22)26-28)19(29)25-15-10-23-6-4-16(15)30-14-8-24-9-14/h4,6,10,13-14,24H,2-3,7-9,11-12H2,1H3,(H2,22,26)(H,25,29). The zero-order chi connectivity index (χ0) is 21.1. The summed E-state index contributed by atoms with van der Waals surface area (Å²) in [6.45, 7) is 5.64. The van der Waals surface area contributed by atoms with Gasteiger partial charge in [0, 0.05) is 57.3 Å². The number of carbonyl (C=O) groups excluding carboxylic acids is 1. The molecule has 0 bridgehead atoms. The fourth-order valence-corrected chi connectivity index (χ4v) is 3.85.